The number of halogens is 1. The van der Waals surface area contributed by atoms with Gasteiger partial charge in [-0.2, -0.15) is 0 Å². The van der Waals surface area contributed by atoms with E-state index in [-0.39, 0.29) is 24.0 Å². The van der Waals surface area contributed by atoms with E-state index in [1.807, 2.05) is 0 Å². The molecule has 0 bridgehead atoms. The van der Waals surface area contributed by atoms with Crippen molar-refractivity contribution in [2.45, 2.75) is 39.2 Å². The number of rotatable bonds is 6. The maximum absolute atomic E-state index is 5.43. The highest BCUT2D eigenvalue weighted by atomic mass is 127. The molecule has 0 unspecified atom stereocenters. The molecule has 2 rings (SSSR count). The Balaban J connectivity index is 0.00000264. The van der Waals surface area contributed by atoms with E-state index in [1.54, 1.807) is 19.7 Å². The second-order valence-electron chi connectivity index (χ2n) is 5.67. The fourth-order valence-electron chi connectivity index (χ4n) is 2.70. The Hall–Kier alpha value is -1.24. The summed E-state index contributed by atoms with van der Waals surface area (Å²) in [6, 6.07) is 6.25. The van der Waals surface area contributed by atoms with Crippen molar-refractivity contribution in [2.24, 2.45) is 4.99 Å². The Morgan fingerprint density at radius 3 is 2.78 bits per heavy atom. The molecule has 1 aromatic rings. The monoisotopic (exact) mass is 429 g/mol. The summed E-state index contributed by atoms with van der Waals surface area (Å²) in [5.41, 5.74) is 3.91. The van der Waals surface area contributed by atoms with Crippen LogP contribution < -0.4 is 15.4 Å². The van der Waals surface area contributed by atoms with E-state index in [2.05, 4.69) is 46.8 Å². The molecule has 0 spiro atoms. The molecule has 1 aliphatic rings. The number of ether oxygens (including phenoxy) is 1. The van der Waals surface area contributed by atoms with Gasteiger partial charge in [-0.15, -0.1) is 24.0 Å². The third kappa shape index (κ3) is 6.41. The van der Waals surface area contributed by atoms with Crippen LogP contribution in [0.25, 0.3) is 0 Å². The molecule has 2 N–H and O–H groups in total. The van der Waals surface area contributed by atoms with Crippen molar-refractivity contribution in [3.8, 4) is 5.75 Å². The van der Waals surface area contributed by atoms with Crippen molar-refractivity contribution in [2.75, 3.05) is 20.7 Å². The van der Waals surface area contributed by atoms with Crippen LogP contribution in [0.5, 0.6) is 5.75 Å². The SMILES string of the molecule is CN=C(NCCC1=CCCC1)NCc1ccc(C)cc1OC.I. The normalized spacial score (nSPS) is 14.0. The number of methoxy groups -OCH3 is 1. The summed E-state index contributed by atoms with van der Waals surface area (Å²) in [7, 11) is 3.51. The Kier molecular flexibility index (Phi) is 9.06. The van der Waals surface area contributed by atoms with Crippen molar-refractivity contribution in [3.05, 3.63) is 41.0 Å². The van der Waals surface area contributed by atoms with Crippen LogP contribution in [-0.2, 0) is 6.54 Å². The lowest BCUT2D eigenvalue weighted by Crippen LogP contribution is -2.37. The van der Waals surface area contributed by atoms with E-state index in [0.29, 0.717) is 6.54 Å². The van der Waals surface area contributed by atoms with Gasteiger partial charge in [0.2, 0.25) is 0 Å². The largest absolute Gasteiger partial charge is 0.496 e. The Labute approximate surface area is 156 Å². The van der Waals surface area contributed by atoms with Gasteiger partial charge in [-0.05, 0) is 44.2 Å². The number of guanidine groups is 1. The zero-order valence-electron chi connectivity index (χ0n) is 14.3. The van der Waals surface area contributed by atoms with Crippen LogP contribution in [0.15, 0.2) is 34.8 Å². The van der Waals surface area contributed by atoms with Gasteiger partial charge >= 0.3 is 0 Å². The van der Waals surface area contributed by atoms with E-state index >= 15 is 0 Å². The Morgan fingerprint density at radius 1 is 1.30 bits per heavy atom. The van der Waals surface area contributed by atoms with Crippen LogP contribution in [0.3, 0.4) is 0 Å². The Morgan fingerprint density at radius 2 is 2.13 bits per heavy atom. The van der Waals surface area contributed by atoms with E-state index in [9.17, 15) is 0 Å². The van der Waals surface area contributed by atoms with Crippen LogP contribution in [0.2, 0.25) is 0 Å². The van der Waals surface area contributed by atoms with Crippen molar-refractivity contribution in [1.29, 1.82) is 0 Å². The molecule has 1 aliphatic carbocycles. The molecular formula is C18H28IN3O. The summed E-state index contributed by atoms with van der Waals surface area (Å²) in [4.78, 5) is 4.27. The molecule has 1 aromatic carbocycles. The summed E-state index contributed by atoms with van der Waals surface area (Å²) >= 11 is 0. The van der Waals surface area contributed by atoms with E-state index < -0.39 is 0 Å². The minimum absolute atomic E-state index is 0. The van der Waals surface area contributed by atoms with Gasteiger partial charge in [-0.3, -0.25) is 4.99 Å². The second kappa shape index (κ2) is 10.5. The Bertz CT molecular complexity index is 555. The fourth-order valence-corrected chi connectivity index (χ4v) is 2.70. The molecule has 23 heavy (non-hydrogen) atoms. The first-order valence-corrected chi connectivity index (χ1v) is 7.99. The molecule has 5 heteroatoms. The average Bonchev–Trinajstić information content (AvgIpc) is 3.04. The predicted octanol–water partition coefficient (Wildman–Crippen LogP) is 3.79. The van der Waals surface area contributed by atoms with Gasteiger partial charge in [0.1, 0.15) is 5.75 Å². The molecule has 0 saturated heterocycles. The number of aliphatic imine (C=N–C) groups is 1. The van der Waals surface area contributed by atoms with Gasteiger partial charge < -0.3 is 15.4 Å². The molecule has 0 radical (unpaired) electrons. The quantitative estimate of drug-likeness (QED) is 0.313. The van der Waals surface area contributed by atoms with Crippen LogP contribution in [0.1, 0.15) is 36.8 Å². The topological polar surface area (TPSA) is 45.7 Å². The molecule has 0 aliphatic heterocycles. The molecular weight excluding hydrogens is 401 g/mol. The first kappa shape index (κ1) is 19.8. The number of aryl methyl sites for hydroxylation is 1. The van der Waals surface area contributed by atoms with Crippen molar-refractivity contribution >= 4 is 29.9 Å². The highest BCUT2D eigenvalue weighted by Gasteiger charge is 2.06. The molecule has 0 atom stereocenters. The standard InChI is InChI=1S/C18H27N3O.HI/c1-14-8-9-16(17(12-14)22-3)13-21-18(19-2)20-11-10-15-6-4-5-7-15;/h6,8-9,12H,4-5,7,10-11,13H2,1-3H3,(H2,19,20,21);1H. The summed E-state index contributed by atoms with van der Waals surface area (Å²) in [5, 5.41) is 6.72. The van der Waals surface area contributed by atoms with E-state index in [1.165, 1.54) is 24.8 Å². The first-order chi connectivity index (χ1) is 10.7. The zero-order valence-corrected chi connectivity index (χ0v) is 16.6. The molecule has 0 fully saturated rings. The third-order valence-corrected chi connectivity index (χ3v) is 3.99. The maximum Gasteiger partial charge on any atom is 0.191 e. The summed E-state index contributed by atoms with van der Waals surface area (Å²) in [5.74, 6) is 1.75. The minimum atomic E-state index is 0. The van der Waals surface area contributed by atoms with Crippen LogP contribution in [0.4, 0.5) is 0 Å². The van der Waals surface area contributed by atoms with Crippen LogP contribution >= 0.6 is 24.0 Å². The molecule has 128 valence electrons. The van der Waals surface area contributed by atoms with Crippen LogP contribution in [-0.4, -0.2) is 26.7 Å². The van der Waals surface area contributed by atoms with Gasteiger partial charge in [0.25, 0.3) is 0 Å². The fraction of sp³-hybridized carbons (Fsp3) is 0.500. The first-order valence-electron chi connectivity index (χ1n) is 7.99. The highest BCUT2D eigenvalue weighted by Crippen LogP contribution is 2.20. The molecule has 0 amide bonds. The summed E-state index contributed by atoms with van der Waals surface area (Å²) in [6.07, 6.45) is 7.29. The summed E-state index contributed by atoms with van der Waals surface area (Å²) < 4.78 is 5.43. The zero-order chi connectivity index (χ0) is 15.8. The lowest BCUT2D eigenvalue weighted by Gasteiger charge is -2.14. The van der Waals surface area contributed by atoms with Crippen molar-refractivity contribution in [3.63, 3.8) is 0 Å². The third-order valence-electron chi connectivity index (χ3n) is 3.99. The number of benzene rings is 1. The highest BCUT2D eigenvalue weighted by molar-refractivity contribution is 14.0. The van der Waals surface area contributed by atoms with Gasteiger partial charge in [0.15, 0.2) is 5.96 Å². The lowest BCUT2D eigenvalue weighted by atomic mass is 10.1. The molecule has 0 aromatic heterocycles. The number of allylic oxidation sites excluding steroid dienone is 1. The van der Waals surface area contributed by atoms with E-state index in [4.69, 9.17) is 4.74 Å². The smallest absolute Gasteiger partial charge is 0.191 e. The predicted molar refractivity (Wildman–Crippen MR) is 108 cm³/mol. The molecule has 0 saturated carbocycles. The minimum Gasteiger partial charge on any atom is -0.496 e. The average molecular weight is 429 g/mol. The number of hydrogen-bond acceptors (Lipinski definition) is 2. The lowest BCUT2D eigenvalue weighted by molar-refractivity contribution is 0.408. The van der Waals surface area contributed by atoms with Crippen molar-refractivity contribution in [1.82, 2.24) is 10.6 Å². The van der Waals surface area contributed by atoms with Gasteiger partial charge in [-0.25, -0.2) is 0 Å². The van der Waals surface area contributed by atoms with Gasteiger partial charge in [-0.1, -0.05) is 23.8 Å². The number of nitrogens with zero attached hydrogens (tertiary/aromatic N) is 1. The molecule has 4 nitrogen and oxygen atoms in total. The van der Waals surface area contributed by atoms with Gasteiger partial charge in [0.05, 0.1) is 7.11 Å². The second-order valence-corrected chi connectivity index (χ2v) is 5.67. The van der Waals surface area contributed by atoms with Crippen molar-refractivity contribution < 1.29 is 4.74 Å². The maximum atomic E-state index is 5.43. The van der Waals surface area contributed by atoms with E-state index in [0.717, 1.165) is 30.2 Å². The summed E-state index contributed by atoms with van der Waals surface area (Å²) in [6.45, 7) is 3.69. The van der Waals surface area contributed by atoms with Crippen LogP contribution in [0, 0.1) is 6.92 Å². The number of nitrogens with one attached hydrogen (secondary N) is 2. The van der Waals surface area contributed by atoms with Gasteiger partial charge in [0, 0.05) is 25.7 Å². The number of hydrogen-bond donors (Lipinski definition) is 2. The molecule has 0 heterocycles.